The minimum atomic E-state index is 0.158. The minimum Gasteiger partial charge on any atom is -0.398 e. The molecule has 0 saturated heterocycles. The zero-order valence-corrected chi connectivity index (χ0v) is 12.2. The van der Waals surface area contributed by atoms with Crippen LogP contribution in [0, 0.1) is 0 Å². The van der Waals surface area contributed by atoms with Crippen LogP contribution in [0.15, 0.2) is 24.3 Å². The van der Waals surface area contributed by atoms with E-state index in [0.29, 0.717) is 6.54 Å². The molecule has 0 fully saturated rings. The fraction of sp³-hybridized carbons (Fsp3) is 0.533. The van der Waals surface area contributed by atoms with Crippen molar-refractivity contribution in [3.63, 3.8) is 0 Å². The van der Waals surface area contributed by atoms with E-state index >= 15 is 0 Å². The highest BCUT2D eigenvalue weighted by Gasteiger charge is 2.14. The lowest BCUT2D eigenvalue weighted by Crippen LogP contribution is -2.38. The Morgan fingerprint density at radius 2 is 1.95 bits per heavy atom. The molecule has 0 spiro atoms. The largest absolute Gasteiger partial charge is 0.398 e. The summed E-state index contributed by atoms with van der Waals surface area (Å²) in [6, 6.07) is 7.83. The Morgan fingerprint density at radius 3 is 2.53 bits per heavy atom. The lowest BCUT2D eigenvalue weighted by molar-refractivity contribution is -0.131. The van der Waals surface area contributed by atoms with Crippen molar-refractivity contribution >= 4 is 11.6 Å². The van der Waals surface area contributed by atoms with Gasteiger partial charge in [-0.2, -0.15) is 0 Å². The molecule has 0 aliphatic rings. The molecular weight excluding hydrogens is 238 g/mol. The van der Waals surface area contributed by atoms with Gasteiger partial charge < -0.3 is 10.6 Å². The summed E-state index contributed by atoms with van der Waals surface area (Å²) < 4.78 is 0. The maximum atomic E-state index is 12.0. The molecule has 0 radical (unpaired) electrons. The van der Waals surface area contributed by atoms with Gasteiger partial charge in [-0.1, -0.05) is 25.1 Å². The maximum absolute atomic E-state index is 12.0. The molecule has 4 heteroatoms. The van der Waals surface area contributed by atoms with Crippen LogP contribution >= 0.6 is 0 Å². The van der Waals surface area contributed by atoms with E-state index in [1.54, 1.807) is 4.90 Å². The average Bonchev–Trinajstić information content (AvgIpc) is 2.40. The maximum Gasteiger partial charge on any atom is 0.236 e. The lowest BCUT2D eigenvalue weighted by atomic mass is 10.1. The third kappa shape index (κ3) is 4.91. The van der Waals surface area contributed by atoms with Crippen LogP contribution in [0.3, 0.4) is 0 Å². The van der Waals surface area contributed by atoms with Crippen LogP contribution in [0.25, 0.3) is 0 Å². The normalized spacial score (nSPS) is 10.7. The molecule has 1 rings (SSSR count). The van der Waals surface area contributed by atoms with E-state index in [1.165, 1.54) is 0 Å². The second-order valence-corrected chi connectivity index (χ2v) is 4.82. The molecule has 0 bridgehead atoms. The molecule has 1 aromatic rings. The van der Waals surface area contributed by atoms with E-state index in [1.807, 2.05) is 38.2 Å². The van der Waals surface area contributed by atoms with E-state index in [9.17, 15) is 4.79 Å². The summed E-state index contributed by atoms with van der Waals surface area (Å²) in [6.45, 7) is 6.92. The molecule has 1 amide bonds. The first kappa shape index (κ1) is 15.5. The molecule has 0 atom stereocenters. The van der Waals surface area contributed by atoms with Crippen molar-refractivity contribution in [2.75, 3.05) is 32.4 Å². The molecule has 2 N–H and O–H groups in total. The highest BCUT2D eigenvalue weighted by molar-refractivity contribution is 5.77. The van der Waals surface area contributed by atoms with Crippen LogP contribution in [-0.4, -0.2) is 42.4 Å². The van der Waals surface area contributed by atoms with Gasteiger partial charge in [0.25, 0.3) is 0 Å². The molecule has 0 unspecified atom stereocenters. The van der Waals surface area contributed by atoms with Gasteiger partial charge >= 0.3 is 0 Å². The van der Waals surface area contributed by atoms with Crippen LogP contribution in [-0.2, 0) is 11.3 Å². The highest BCUT2D eigenvalue weighted by atomic mass is 16.2. The van der Waals surface area contributed by atoms with E-state index in [0.717, 1.165) is 37.3 Å². The van der Waals surface area contributed by atoms with Gasteiger partial charge in [-0.05, 0) is 31.5 Å². The summed E-state index contributed by atoms with van der Waals surface area (Å²) in [5, 5.41) is 0. The number of nitrogens with zero attached hydrogens (tertiary/aromatic N) is 2. The number of benzene rings is 1. The first-order chi connectivity index (χ1) is 9.08. The fourth-order valence-electron chi connectivity index (χ4n) is 1.94. The van der Waals surface area contributed by atoms with E-state index < -0.39 is 0 Å². The van der Waals surface area contributed by atoms with Crippen molar-refractivity contribution in [2.45, 2.75) is 26.8 Å². The Morgan fingerprint density at radius 1 is 1.26 bits per heavy atom. The molecule has 0 aliphatic carbocycles. The Labute approximate surface area is 116 Å². The zero-order chi connectivity index (χ0) is 14.3. The van der Waals surface area contributed by atoms with Gasteiger partial charge in [-0.3, -0.25) is 9.69 Å². The lowest BCUT2D eigenvalue weighted by Gasteiger charge is -2.24. The number of carbonyl (C=O) groups is 1. The van der Waals surface area contributed by atoms with Crippen molar-refractivity contribution in [2.24, 2.45) is 0 Å². The molecule has 19 heavy (non-hydrogen) atoms. The van der Waals surface area contributed by atoms with Crippen molar-refractivity contribution in [3.05, 3.63) is 29.8 Å². The number of anilines is 1. The predicted molar refractivity (Wildman–Crippen MR) is 79.7 cm³/mol. The second kappa shape index (κ2) is 7.79. The van der Waals surface area contributed by atoms with Gasteiger partial charge in [0.1, 0.15) is 0 Å². The molecule has 106 valence electrons. The van der Waals surface area contributed by atoms with Gasteiger partial charge in [-0.15, -0.1) is 0 Å². The van der Waals surface area contributed by atoms with Crippen LogP contribution in [0.2, 0.25) is 0 Å². The summed E-state index contributed by atoms with van der Waals surface area (Å²) >= 11 is 0. The van der Waals surface area contributed by atoms with Gasteiger partial charge in [0.2, 0.25) is 5.91 Å². The third-order valence-corrected chi connectivity index (χ3v) is 3.25. The molecule has 0 heterocycles. The van der Waals surface area contributed by atoms with Gasteiger partial charge in [-0.25, -0.2) is 0 Å². The third-order valence-electron chi connectivity index (χ3n) is 3.25. The first-order valence-corrected chi connectivity index (χ1v) is 6.88. The topological polar surface area (TPSA) is 49.6 Å². The van der Waals surface area contributed by atoms with Crippen LogP contribution in [0.1, 0.15) is 25.8 Å². The Hall–Kier alpha value is -1.55. The van der Waals surface area contributed by atoms with Crippen molar-refractivity contribution < 1.29 is 4.79 Å². The van der Waals surface area contributed by atoms with E-state index in [4.69, 9.17) is 5.73 Å². The van der Waals surface area contributed by atoms with E-state index in [2.05, 4.69) is 11.8 Å². The predicted octanol–water partition coefficient (Wildman–Crippen LogP) is 1.96. The number of hydrogen-bond acceptors (Lipinski definition) is 3. The average molecular weight is 263 g/mol. The summed E-state index contributed by atoms with van der Waals surface area (Å²) in [5.41, 5.74) is 7.84. The molecular formula is C15H25N3O. The SMILES string of the molecule is CCCN(CC(=O)N(C)CC)Cc1ccccc1N. The zero-order valence-electron chi connectivity index (χ0n) is 12.2. The number of nitrogen functional groups attached to an aromatic ring is 1. The van der Waals surface area contributed by atoms with Crippen molar-refractivity contribution in [1.82, 2.24) is 9.80 Å². The summed E-state index contributed by atoms with van der Waals surface area (Å²) in [7, 11) is 1.84. The summed E-state index contributed by atoms with van der Waals surface area (Å²) in [4.78, 5) is 15.9. The van der Waals surface area contributed by atoms with Crippen molar-refractivity contribution in [1.29, 1.82) is 0 Å². The van der Waals surface area contributed by atoms with Gasteiger partial charge in [0.15, 0.2) is 0 Å². The smallest absolute Gasteiger partial charge is 0.236 e. The van der Waals surface area contributed by atoms with Crippen LogP contribution in [0.5, 0.6) is 0 Å². The number of para-hydroxylation sites is 1. The number of rotatable bonds is 7. The molecule has 0 saturated carbocycles. The minimum absolute atomic E-state index is 0.158. The van der Waals surface area contributed by atoms with Crippen LogP contribution in [0.4, 0.5) is 5.69 Å². The number of likely N-dealkylation sites (N-methyl/N-ethyl adjacent to an activating group) is 1. The molecule has 0 aliphatic heterocycles. The van der Waals surface area contributed by atoms with E-state index in [-0.39, 0.29) is 5.91 Å². The monoisotopic (exact) mass is 263 g/mol. The van der Waals surface area contributed by atoms with Crippen molar-refractivity contribution in [3.8, 4) is 0 Å². The first-order valence-electron chi connectivity index (χ1n) is 6.88. The Bertz CT molecular complexity index is 406. The summed E-state index contributed by atoms with van der Waals surface area (Å²) in [6.07, 6.45) is 1.02. The van der Waals surface area contributed by atoms with Gasteiger partial charge in [0.05, 0.1) is 6.54 Å². The second-order valence-electron chi connectivity index (χ2n) is 4.82. The number of carbonyl (C=O) groups excluding carboxylic acids is 1. The Kier molecular flexibility index (Phi) is 6.36. The number of hydrogen-bond donors (Lipinski definition) is 1. The molecule has 4 nitrogen and oxygen atoms in total. The number of amides is 1. The van der Waals surface area contributed by atoms with Gasteiger partial charge in [0, 0.05) is 25.8 Å². The van der Waals surface area contributed by atoms with Crippen LogP contribution < -0.4 is 5.73 Å². The molecule has 0 aromatic heterocycles. The Balaban J connectivity index is 2.68. The fourth-order valence-corrected chi connectivity index (χ4v) is 1.94. The summed E-state index contributed by atoms with van der Waals surface area (Å²) in [5.74, 6) is 0.158. The molecule has 1 aromatic carbocycles. The number of nitrogens with two attached hydrogens (primary N) is 1. The highest BCUT2D eigenvalue weighted by Crippen LogP contribution is 2.13. The standard InChI is InChI=1S/C15H25N3O/c1-4-10-18(12-15(19)17(3)5-2)11-13-8-6-7-9-14(13)16/h6-9H,4-5,10-12,16H2,1-3H3. The quantitative estimate of drug-likeness (QED) is 0.765.